The van der Waals surface area contributed by atoms with Crippen LogP contribution in [0.3, 0.4) is 0 Å². The number of halogens is 2. The number of rotatable bonds is 4. The first-order valence-corrected chi connectivity index (χ1v) is 7.31. The quantitative estimate of drug-likeness (QED) is 0.864. The molecule has 5 heteroatoms. The summed E-state index contributed by atoms with van der Waals surface area (Å²) in [6.45, 7) is 3.73. The van der Waals surface area contributed by atoms with Crippen LogP contribution in [0.15, 0.2) is 40.9 Å². The van der Waals surface area contributed by atoms with E-state index < -0.39 is 0 Å². The van der Waals surface area contributed by atoms with Gasteiger partial charge in [-0.25, -0.2) is 4.39 Å². The van der Waals surface area contributed by atoms with Gasteiger partial charge in [0, 0.05) is 10.2 Å². The maximum absolute atomic E-state index is 13.6. The molecule has 0 radical (unpaired) electrons. The molecule has 0 aromatic heterocycles. The van der Waals surface area contributed by atoms with E-state index in [4.69, 9.17) is 0 Å². The Morgan fingerprint density at radius 2 is 1.86 bits per heavy atom. The Morgan fingerprint density at radius 3 is 2.52 bits per heavy atom. The van der Waals surface area contributed by atoms with Gasteiger partial charge in [0.1, 0.15) is 5.82 Å². The highest BCUT2D eigenvalue weighted by molar-refractivity contribution is 9.10. The Balaban J connectivity index is 1.96. The average Bonchev–Trinajstić information content (AvgIpc) is 2.41. The summed E-state index contributed by atoms with van der Waals surface area (Å²) < 4.78 is 14.6. The third-order valence-electron chi connectivity index (χ3n) is 3.03. The van der Waals surface area contributed by atoms with Gasteiger partial charge in [-0.3, -0.25) is 4.79 Å². The summed E-state index contributed by atoms with van der Waals surface area (Å²) in [5.41, 5.74) is 2.87. The molecule has 2 N–H and O–H groups in total. The van der Waals surface area contributed by atoms with Crippen molar-refractivity contribution in [3.05, 3.63) is 57.8 Å². The van der Waals surface area contributed by atoms with Crippen LogP contribution in [-0.4, -0.2) is 12.5 Å². The zero-order valence-electron chi connectivity index (χ0n) is 11.8. The largest absolute Gasteiger partial charge is 0.374 e. The smallest absolute Gasteiger partial charge is 0.243 e. The fraction of sp³-hybridized carbons (Fsp3) is 0.188. The second kappa shape index (κ2) is 6.72. The van der Waals surface area contributed by atoms with Gasteiger partial charge in [0.15, 0.2) is 0 Å². The van der Waals surface area contributed by atoms with Crippen LogP contribution in [0.4, 0.5) is 15.8 Å². The Kier molecular flexibility index (Phi) is 4.96. The number of carbonyl (C=O) groups is 1. The summed E-state index contributed by atoms with van der Waals surface area (Å²) in [7, 11) is 0. The fourth-order valence-electron chi connectivity index (χ4n) is 1.90. The van der Waals surface area contributed by atoms with E-state index in [1.165, 1.54) is 6.07 Å². The van der Waals surface area contributed by atoms with E-state index in [9.17, 15) is 9.18 Å². The van der Waals surface area contributed by atoms with Crippen molar-refractivity contribution in [1.29, 1.82) is 0 Å². The van der Waals surface area contributed by atoms with Crippen LogP contribution in [0, 0.1) is 19.7 Å². The van der Waals surface area contributed by atoms with Crippen molar-refractivity contribution in [1.82, 2.24) is 0 Å². The Morgan fingerprint density at radius 1 is 1.14 bits per heavy atom. The normalized spacial score (nSPS) is 10.3. The van der Waals surface area contributed by atoms with Crippen molar-refractivity contribution in [2.75, 3.05) is 17.2 Å². The number of hydrogen-bond donors (Lipinski definition) is 2. The fourth-order valence-corrected chi connectivity index (χ4v) is 2.38. The van der Waals surface area contributed by atoms with E-state index in [1.54, 1.807) is 12.1 Å². The van der Waals surface area contributed by atoms with E-state index >= 15 is 0 Å². The first-order chi connectivity index (χ1) is 9.95. The lowest BCUT2D eigenvalue weighted by Crippen LogP contribution is -2.22. The topological polar surface area (TPSA) is 41.1 Å². The third-order valence-corrected chi connectivity index (χ3v) is 3.52. The molecule has 0 spiro atoms. The van der Waals surface area contributed by atoms with Crippen molar-refractivity contribution in [3.63, 3.8) is 0 Å². The van der Waals surface area contributed by atoms with Crippen LogP contribution < -0.4 is 10.6 Å². The van der Waals surface area contributed by atoms with Crippen LogP contribution in [0.2, 0.25) is 0 Å². The lowest BCUT2D eigenvalue weighted by atomic mass is 10.2. The number of anilines is 2. The molecule has 0 unspecified atom stereocenters. The maximum Gasteiger partial charge on any atom is 0.243 e. The first-order valence-electron chi connectivity index (χ1n) is 6.52. The molecule has 0 saturated carbocycles. The molecule has 0 heterocycles. The highest BCUT2D eigenvalue weighted by atomic mass is 79.9. The standard InChI is InChI=1S/C16H16BrFN2O/c1-10-3-5-15(13(18)7-10)19-9-16(21)20-14-6-4-12(17)8-11(14)2/h3-8,19H,9H2,1-2H3,(H,20,21). The Bertz CT molecular complexity index is 673. The minimum absolute atomic E-state index is 0.00941. The predicted octanol–water partition coefficient (Wildman–Crippen LogP) is 4.26. The van der Waals surface area contributed by atoms with Crippen LogP contribution >= 0.6 is 15.9 Å². The molecule has 2 aromatic rings. The molecule has 110 valence electrons. The van der Waals surface area contributed by atoms with Gasteiger partial charge in [0.2, 0.25) is 5.91 Å². The molecule has 2 aromatic carbocycles. The van der Waals surface area contributed by atoms with Gasteiger partial charge in [-0.1, -0.05) is 22.0 Å². The number of aryl methyl sites for hydroxylation is 2. The second-order valence-electron chi connectivity index (χ2n) is 4.84. The average molecular weight is 351 g/mol. The van der Waals surface area contributed by atoms with E-state index in [0.29, 0.717) is 5.69 Å². The predicted molar refractivity (Wildman–Crippen MR) is 87.1 cm³/mol. The number of benzene rings is 2. The van der Waals surface area contributed by atoms with Crippen molar-refractivity contribution in [2.45, 2.75) is 13.8 Å². The van der Waals surface area contributed by atoms with Crippen molar-refractivity contribution in [3.8, 4) is 0 Å². The van der Waals surface area contributed by atoms with Gasteiger partial charge < -0.3 is 10.6 Å². The Hall–Kier alpha value is -1.88. The molecule has 0 aliphatic heterocycles. The number of amides is 1. The molecule has 0 saturated heterocycles. The monoisotopic (exact) mass is 350 g/mol. The lowest BCUT2D eigenvalue weighted by Gasteiger charge is -2.11. The van der Waals surface area contributed by atoms with Gasteiger partial charge in [0.25, 0.3) is 0 Å². The SMILES string of the molecule is Cc1ccc(NCC(=O)Nc2ccc(Br)cc2C)c(F)c1. The molecule has 0 aliphatic rings. The minimum atomic E-state index is -0.359. The molecular formula is C16H16BrFN2O. The maximum atomic E-state index is 13.6. The summed E-state index contributed by atoms with van der Waals surface area (Å²) in [6, 6.07) is 10.5. The number of nitrogens with one attached hydrogen (secondary N) is 2. The summed E-state index contributed by atoms with van der Waals surface area (Å²) in [5, 5.41) is 5.59. The second-order valence-corrected chi connectivity index (χ2v) is 5.76. The molecule has 0 aliphatic carbocycles. The molecule has 1 amide bonds. The minimum Gasteiger partial charge on any atom is -0.374 e. The van der Waals surface area contributed by atoms with Gasteiger partial charge in [-0.15, -0.1) is 0 Å². The van der Waals surface area contributed by atoms with Crippen LogP contribution in [0.25, 0.3) is 0 Å². The van der Waals surface area contributed by atoms with Gasteiger partial charge in [0.05, 0.1) is 12.2 Å². The highest BCUT2D eigenvalue weighted by Crippen LogP contribution is 2.20. The Labute approximate surface area is 131 Å². The van der Waals surface area contributed by atoms with Crippen LogP contribution in [0.5, 0.6) is 0 Å². The van der Waals surface area contributed by atoms with Gasteiger partial charge in [-0.2, -0.15) is 0 Å². The van der Waals surface area contributed by atoms with Crippen LogP contribution in [-0.2, 0) is 4.79 Å². The van der Waals surface area contributed by atoms with Gasteiger partial charge in [-0.05, 0) is 55.3 Å². The van der Waals surface area contributed by atoms with Crippen molar-refractivity contribution >= 4 is 33.2 Å². The molecule has 3 nitrogen and oxygen atoms in total. The van der Waals surface area contributed by atoms with E-state index in [2.05, 4.69) is 26.6 Å². The van der Waals surface area contributed by atoms with E-state index in [-0.39, 0.29) is 18.3 Å². The molecule has 0 fully saturated rings. The number of hydrogen-bond acceptors (Lipinski definition) is 2. The number of carbonyl (C=O) groups excluding carboxylic acids is 1. The first kappa shape index (κ1) is 15.5. The third kappa shape index (κ3) is 4.29. The molecule has 2 rings (SSSR count). The molecule has 0 bridgehead atoms. The zero-order valence-corrected chi connectivity index (χ0v) is 13.4. The van der Waals surface area contributed by atoms with Crippen LogP contribution in [0.1, 0.15) is 11.1 Å². The summed E-state index contributed by atoms with van der Waals surface area (Å²) in [6.07, 6.45) is 0. The zero-order chi connectivity index (χ0) is 15.4. The molecule has 21 heavy (non-hydrogen) atoms. The summed E-state index contributed by atoms with van der Waals surface area (Å²) in [5.74, 6) is -0.581. The van der Waals surface area contributed by atoms with E-state index in [1.807, 2.05) is 32.0 Å². The van der Waals surface area contributed by atoms with E-state index in [0.717, 1.165) is 21.3 Å². The summed E-state index contributed by atoms with van der Waals surface area (Å²) in [4.78, 5) is 11.9. The molecular weight excluding hydrogens is 335 g/mol. The highest BCUT2D eigenvalue weighted by Gasteiger charge is 2.07. The van der Waals surface area contributed by atoms with Crippen molar-refractivity contribution < 1.29 is 9.18 Å². The van der Waals surface area contributed by atoms with Gasteiger partial charge >= 0.3 is 0 Å². The van der Waals surface area contributed by atoms with Crippen molar-refractivity contribution in [2.24, 2.45) is 0 Å². The lowest BCUT2D eigenvalue weighted by molar-refractivity contribution is -0.114. The molecule has 0 atom stereocenters. The summed E-state index contributed by atoms with van der Waals surface area (Å²) >= 11 is 3.37.